The van der Waals surface area contributed by atoms with Gasteiger partial charge in [-0.1, -0.05) is 0 Å². The van der Waals surface area contributed by atoms with Crippen molar-refractivity contribution in [1.29, 1.82) is 0 Å². The van der Waals surface area contributed by atoms with Crippen molar-refractivity contribution >= 4 is 11.9 Å². The highest BCUT2D eigenvalue weighted by atomic mass is 16.6. The van der Waals surface area contributed by atoms with Crippen molar-refractivity contribution in [2.45, 2.75) is 58.1 Å². The van der Waals surface area contributed by atoms with E-state index in [0.29, 0.717) is 0 Å². The fourth-order valence-electron chi connectivity index (χ4n) is 2.52. The molecule has 1 heterocycles. The molecule has 1 atom stereocenters. The molecular formula is C15H28N2O3. The Bertz CT molecular complexity index is 348. The molecule has 0 aromatic heterocycles. The predicted octanol–water partition coefficient (Wildman–Crippen LogP) is 1.66. The number of carbonyl (C=O) groups excluding carboxylic acids is 2. The van der Waals surface area contributed by atoms with Gasteiger partial charge in [0, 0.05) is 25.6 Å². The molecule has 1 aliphatic rings. The lowest BCUT2D eigenvalue weighted by Gasteiger charge is -2.27. The van der Waals surface area contributed by atoms with Crippen molar-refractivity contribution in [3.05, 3.63) is 0 Å². The van der Waals surface area contributed by atoms with Crippen LogP contribution in [0.25, 0.3) is 0 Å². The molecule has 0 spiro atoms. The fraction of sp³-hybridized carbons (Fsp3) is 0.867. The highest BCUT2D eigenvalue weighted by Gasteiger charge is 2.29. The van der Waals surface area contributed by atoms with Crippen LogP contribution in [0.15, 0.2) is 0 Å². The average Bonchev–Trinajstić information content (AvgIpc) is 2.70. The van der Waals surface area contributed by atoms with Gasteiger partial charge in [-0.3, -0.25) is 9.59 Å². The first-order valence-electron chi connectivity index (χ1n) is 7.35. The summed E-state index contributed by atoms with van der Waals surface area (Å²) in [6.07, 6.45) is 2.52. The maximum atomic E-state index is 12.2. The molecule has 0 aliphatic carbocycles. The second-order valence-electron chi connectivity index (χ2n) is 6.73. The maximum absolute atomic E-state index is 12.2. The Morgan fingerprint density at radius 3 is 2.45 bits per heavy atom. The molecule has 0 saturated carbocycles. The van der Waals surface area contributed by atoms with Gasteiger partial charge in [-0.05, 0) is 47.7 Å². The van der Waals surface area contributed by atoms with Gasteiger partial charge in [-0.25, -0.2) is 0 Å². The molecule has 0 radical (unpaired) electrons. The van der Waals surface area contributed by atoms with Gasteiger partial charge in [-0.15, -0.1) is 0 Å². The van der Waals surface area contributed by atoms with E-state index in [1.54, 1.807) is 0 Å². The van der Waals surface area contributed by atoms with Gasteiger partial charge in [0.25, 0.3) is 0 Å². The first-order valence-corrected chi connectivity index (χ1v) is 7.35. The molecule has 1 amide bonds. The normalized spacial score (nSPS) is 19.5. The second kappa shape index (κ2) is 7.07. The summed E-state index contributed by atoms with van der Waals surface area (Å²) in [5, 5.41) is 0. The Morgan fingerprint density at radius 1 is 1.25 bits per heavy atom. The molecule has 0 bridgehead atoms. The van der Waals surface area contributed by atoms with E-state index in [9.17, 15) is 9.59 Å². The number of likely N-dealkylation sites (tertiary alicyclic amines) is 1. The Kier molecular flexibility index (Phi) is 5.99. The summed E-state index contributed by atoms with van der Waals surface area (Å²) in [6.45, 7) is 7.20. The number of hydrogen-bond donors (Lipinski definition) is 0. The van der Waals surface area contributed by atoms with Gasteiger partial charge in [-0.2, -0.15) is 0 Å². The lowest BCUT2D eigenvalue weighted by atomic mass is 10.2. The largest absolute Gasteiger partial charge is 0.460 e. The van der Waals surface area contributed by atoms with Crippen LogP contribution in [0.2, 0.25) is 0 Å². The summed E-state index contributed by atoms with van der Waals surface area (Å²) in [7, 11) is 4.03. The van der Waals surface area contributed by atoms with E-state index < -0.39 is 5.60 Å². The van der Waals surface area contributed by atoms with Gasteiger partial charge in [0.15, 0.2) is 0 Å². The molecule has 0 N–H and O–H groups in total. The third-order valence-electron chi connectivity index (χ3n) is 3.24. The molecule has 1 unspecified atom stereocenters. The van der Waals surface area contributed by atoms with Crippen molar-refractivity contribution in [1.82, 2.24) is 9.80 Å². The monoisotopic (exact) mass is 284 g/mol. The quantitative estimate of drug-likeness (QED) is 0.721. The smallest absolute Gasteiger partial charge is 0.306 e. The van der Waals surface area contributed by atoms with E-state index in [-0.39, 0.29) is 30.8 Å². The SMILES string of the molecule is CN(C)CC1CCCN1C(=O)CCC(=O)OC(C)(C)C. The van der Waals surface area contributed by atoms with Crippen LogP contribution in [0.1, 0.15) is 46.5 Å². The van der Waals surface area contributed by atoms with E-state index in [4.69, 9.17) is 4.74 Å². The van der Waals surface area contributed by atoms with Crippen molar-refractivity contribution in [2.75, 3.05) is 27.2 Å². The van der Waals surface area contributed by atoms with Crippen LogP contribution in [0.3, 0.4) is 0 Å². The summed E-state index contributed by atoms with van der Waals surface area (Å²) in [4.78, 5) is 27.9. The van der Waals surface area contributed by atoms with Crippen LogP contribution < -0.4 is 0 Å². The molecular weight excluding hydrogens is 256 g/mol. The minimum absolute atomic E-state index is 0.0696. The minimum Gasteiger partial charge on any atom is -0.460 e. The Labute approximate surface area is 122 Å². The summed E-state index contributed by atoms with van der Waals surface area (Å²) in [5.74, 6) is -0.227. The van der Waals surface area contributed by atoms with Gasteiger partial charge >= 0.3 is 5.97 Å². The highest BCUT2D eigenvalue weighted by molar-refractivity contribution is 5.81. The number of hydrogen-bond acceptors (Lipinski definition) is 4. The molecule has 5 nitrogen and oxygen atoms in total. The van der Waals surface area contributed by atoms with Crippen molar-refractivity contribution < 1.29 is 14.3 Å². The van der Waals surface area contributed by atoms with E-state index in [1.165, 1.54) is 0 Å². The Balaban J connectivity index is 2.40. The third kappa shape index (κ3) is 5.90. The first kappa shape index (κ1) is 17.0. The standard InChI is InChI=1S/C15H28N2O3/c1-15(2,3)20-14(19)9-8-13(18)17-10-6-7-12(17)11-16(4)5/h12H,6-11H2,1-5H3. The molecule has 1 saturated heterocycles. The summed E-state index contributed by atoms with van der Waals surface area (Å²) in [6, 6.07) is 0.288. The minimum atomic E-state index is -0.485. The first-order chi connectivity index (χ1) is 9.19. The van der Waals surface area contributed by atoms with Gasteiger partial charge < -0.3 is 14.5 Å². The molecule has 20 heavy (non-hydrogen) atoms. The summed E-state index contributed by atoms with van der Waals surface area (Å²) >= 11 is 0. The highest BCUT2D eigenvalue weighted by Crippen LogP contribution is 2.19. The number of ether oxygens (including phenoxy) is 1. The van der Waals surface area contributed by atoms with E-state index in [0.717, 1.165) is 25.9 Å². The van der Waals surface area contributed by atoms with Crippen LogP contribution in [0.4, 0.5) is 0 Å². The number of carbonyl (C=O) groups is 2. The number of esters is 1. The number of rotatable bonds is 5. The summed E-state index contributed by atoms with van der Waals surface area (Å²) in [5.41, 5.74) is -0.485. The van der Waals surface area contributed by atoms with Crippen LogP contribution in [0, 0.1) is 0 Å². The Morgan fingerprint density at radius 2 is 1.90 bits per heavy atom. The lowest BCUT2D eigenvalue weighted by molar-refractivity contribution is -0.156. The zero-order valence-electron chi connectivity index (χ0n) is 13.4. The summed E-state index contributed by atoms with van der Waals surface area (Å²) < 4.78 is 5.22. The van der Waals surface area contributed by atoms with Gasteiger partial charge in [0.1, 0.15) is 5.60 Å². The van der Waals surface area contributed by atoms with Gasteiger partial charge in [0.05, 0.1) is 6.42 Å². The molecule has 1 aliphatic heterocycles. The molecule has 0 aromatic rings. The van der Waals surface area contributed by atoms with Crippen LogP contribution in [-0.4, -0.2) is 60.5 Å². The van der Waals surface area contributed by atoms with Crippen LogP contribution >= 0.6 is 0 Å². The van der Waals surface area contributed by atoms with Gasteiger partial charge in [0.2, 0.25) is 5.91 Å². The zero-order chi connectivity index (χ0) is 15.3. The number of nitrogens with zero attached hydrogens (tertiary/aromatic N) is 2. The fourth-order valence-corrected chi connectivity index (χ4v) is 2.52. The zero-order valence-corrected chi connectivity index (χ0v) is 13.4. The van der Waals surface area contributed by atoms with E-state index in [1.807, 2.05) is 39.8 Å². The topological polar surface area (TPSA) is 49.9 Å². The van der Waals surface area contributed by atoms with E-state index >= 15 is 0 Å². The molecule has 1 fully saturated rings. The van der Waals surface area contributed by atoms with E-state index in [2.05, 4.69) is 4.90 Å². The molecule has 5 heteroatoms. The third-order valence-corrected chi connectivity index (χ3v) is 3.24. The van der Waals surface area contributed by atoms with Crippen LogP contribution in [0.5, 0.6) is 0 Å². The Hall–Kier alpha value is -1.10. The maximum Gasteiger partial charge on any atom is 0.306 e. The second-order valence-corrected chi connectivity index (χ2v) is 6.73. The van der Waals surface area contributed by atoms with Crippen LogP contribution in [-0.2, 0) is 14.3 Å². The molecule has 0 aromatic carbocycles. The molecule has 116 valence electrons. The average molecular weight is 284 g/mol. The number of amides is 1. The van der Waals surface area contributed by atoms with Crippen molar-refractivity contribution in [3.8, 4) is 0 Å². The molecule has 1 rings (SSSR count). The predicted molar refractivity (Wildman–Crippen MR) is 78.4 cm³/mol. The van der Waals surface area contributed by atoms with Crippen molar-refractivity contribution in [2.24, 2.45) is 0 Å². The lowest BCUT2D eigenvalue weighted by Crippen LogP contribution is -2.41. The number of likely N-dealkylation sites (N-methyl/N-ethyl adjacent to an activating group) is 1. The van der Waals surface area contributed by atoms with Crippen molar-refractivity contribution in [3.63, 3.8) is 0 Å².